The molecule has 0 radical (unpaired) electrons. The Labute approximate surface area is 124 Å². The van der Waals surface area contributed by atoms with E-state index in [1.54, 1.807) is 6.07 Å². The number of aliphatic hydroxyl groups excluding tert-OH is 1. The molecule has 3 N–H and O–H groups in total. The number of halogens is 1. The lowest BCUT2D eigenvalue weighted by atomic mass is 9.89. The van der Waals surface area contributed by atoms with Crippen LogP contribution in [-0.4, -0.2) is 23.4 Å². The van der Waals surface area contributed by atoms with Gasteiger partial charge in [0.05, 0.1) is 0 Å². The summed E-state index contributed by atoms with van der Waals surface area (Å²) in [5.41, 5.74) is 0.959. The molecule has 0 saturated heterocycles. The summed E-state index contributed by atoms with van der Waals surface area (Å²) in [6.45, 7) is 7.36. The van der Waals surface area contributed by atoms with E-state index in [1.165, 1.54) is 0 Å². The molecule has 0 spiro atoms. The van der Waals surface area contributed by atoms with Crippen molar-refractivity contribution >= 4 is 15.9 Å². The number of rotatable bonds is 7. The third-order valence-corrected chi connectivity index (χ3v) is 3.88. The van der Waals surface area contributed by atoms with E-state index in [0.29, 0.717) is 5.75 Å². The van der Waals surface area contributed by atoms with Gasteiger partial charge in [-0.15, -0.1) is 0 Å². The molecule has 3 nitrogen and oxygen atoms in total. The molecule has 0 fully saturated rings. The number of benzene rings is 1. The molecule has 0 heterocycles. The van der Waals surface area contributed by atoms with Crippen molar-refractivity contribution in [1.29, 1.82) is 0 Å². The van der Waals surface area contributed by atoms with Crippen molar-refractivity contribution < 1.29 is 10.2 Å². The summed E-state index contributed by atoms with van der Waals surface area (Å²) >= 11 is 3.44. The van der Waals surface area contributed by atoms with Gasteiger partial charge >= 0.3 is 0 Å². The second-order valence-electron chi connectivity index (χ2n) is 5.68. The van der Waals surface area contributed by atoms with Gasteiger partial charge in [0.15, 0.2) is 0 Å². The van der Waals surface area contributed by atoms with Crippen LogP contribution in [0.3, 0.4) is 0 Å². The molecule has 0 aliphatic rings. The molecule has 0 aliphatic carbocycles. The minimum absolute atomic E-state index is 0.0454. The predicted molar refractivity (Wildman–Crippen MR) is 82.3 cm³/mol. The van der Waals surface area contributed by atoms with Gasteiger partial charge in [0.2, 0.25) is 0 Å². The fourth-order valence-corrected chi connectivity index (χ4v) is 2.45. The van der Waals surface area contributed by atoms with Crippen LogP contribution in [0.5, 0.6) is 5.75 Å². The lowest BCUT2D eigenvalue weighted by molar-refractivity contribution is 0.202. The smallest absolute Gasteiger partial charge is 0.120 e. The van der Waals surface area contributed by atoms with E-state index in [2.05, 4.69) is 42.0 Å². The first kappa shape index (κ1) is 16.5. The second kappa shape index (κ2) is 7.27. The molecular weight excluding hydrogens is 306 g/mol. The van der Waals surface area contributed by atoms with Gasteiger partial charge in [0, 0.05) is 29.2 Å². The normalized spacial score (nSPS) is 13.5. The Balaban J connectivity index is 2.76. The van der Waals surface area contributed by atoms with Crippen molar-refractivity contribution in [2.75, 3.05) is 13.2 Å². The molecule has 1 aromatic carbocycles. The van der Waals surface area contributed by atoms with Crippen LogP contribution in [0.1, 0.15) is 45.2 Å². The minimum Gasteiger partial charge on any atom is -0.508 e. The number of hydrogen-bond acceptors (Lipinski definition) is 3. The van der Waals surface area contributed by atoms with Gasteiger partial charge in [-0.3, -0.25) is 0 Å². The maximum Gasteiger partial charge on any atom is 0.120 e. The Kier molecular flexibility index (Phi) is 6.30. The number of phenolic OH excluding ortho intramolecular Hbond substituents is 1. The lowest BCUT2D eigenvalue weighted by Crippen LogP contribution is -2.33. The maximum absolute atomic E-state index is 9.97. The van der Waals surface area contributed by atoms with E-state index in [-0.39, 0.29) is 18.1 Å². The van der Waals surface area contributed by atoms with Gasteiger partial charge in [-0.25, -0.2) is 0 Å². The summed E-state index contributed by atoms with van der Waals surface area (Å²) < 4.78 is 0.968. The zero-order valence-electron chi connectivity index (χ0n) is 11.9. The third kappa shape index (κ3) is 5.13. The number of phenols is 1. The molecule has 19 heavy (non-hydrogen) atoms. The predicted octanol–water partition coefficient (Wildman–Crippen LogP) is 3.60. The van der Waals surface area contributed by atoms with Crippen LogP contribution in [0.2, 0.25) is 0 Å². The topological polar surface area (TPSA) is 52.5 Å². The molecule has 1 unspecified atom stereocenters. The third-order valence-electron chi connectivity index (χ3n) is 3.39. The van der Waals surface area contributed by atoms with Crippen molar-refractivity contribution in [3.8, 4) is 5.75 Å². The lowest BCUT2D eigenvalue weighted by Gasteiger charge is -2.28. The van der Waals surface area contributed by atoms with Gasteiger partial charge in [-0.2, -0.15) is 0 Å². The minimum atomic E-state index is 0.0454. The van der Waals surface area contributed by atoms with Crippen LogP contribution in [0.4, 0.5) is 0 Å². The fraction of sp³-hybridized carbons (Fsp3) is 0.600. The summed E-state index contributed by atoms with van der Waals surface area (Å²) in [6.07, 6.45) is 1.67. The average Bonchev–Trinajstić information content (AvgIpc) is 2.34. The molecule has 4 heteroatoms. The second-order valence-corrected chi connectivity index (χ2v) is 6.60. The van der Waals surface area contributed by atoms with Crippen LogP contribution in [0, 0.1) is 5.41 Å². The van der Waals surface area contributed by atoms with Crippen LogP contribution in [0.25, 0.3) is 0 Å². The number of hydrogen-bond donors (Lipinski definition) is 3. The Morgan fingerprint density at radius 3 is 2.63 bits per heavy atom. The zero-order valence-corrected chi connectivity index (χ0v) is 13.5. The van der Waals surface area contributed by atoms with E-state index in [9.17, 15) is 5.11 Å². The summed E-state index contributed by atoms with van der Waals surface area (Å²) in [7, 11) is 0. The van der Waals surface area contributed by atoms with Gasteiger partial charge in [0.25, 0.3) is 0 Å². The number of aromatic hydroxyl groups is 1. The van der Waals surface area contributed by atoms with Crippen LogP contribution in [-0.2, 0) is 0 Å². The van der Waals surface area contributed by atoms with Crippen molar-refractivity contribution in [2.24, 2.45) is 5.41 Å². The molecule has 0 amide bonds. The Bertz CT molecular complexity index is 407. The molecule has 0 saturated carbocycles. The van der Waals surface area contributed by atoms with Crippen molar-refractivity contribution in [2.45, 2.75) is 39.7 Å². The summed E-state index contributed by atoms with van der Waals surface area (Å²) in [4.78, 5) is 0. The SMILES string of the molecule is CCC(NCC(C)(C)CCO)c1cc(Br)ccc1O. The van der Waals surface area contributed by atoms with E-state index in [0.717, 1.165) is 29.4 Å². The monoisotopic (exact) mass is 329 g/mol. The van der Waals surface area contributed by atoms with Crippen LogP contribution < -0.4 is 5.32 Å². The van der Waals surface area contributed by atoms with E-state index in [4.69, 9.17) is 5.11 Å². The molecule has 0 aromatic heterocycles. The zero-order chi connectivity index (χ0) is 14.5. The van der Waals surface area contributed by atoms with E-state index < -0.39 is 0 Å². The average molecular weight is 330 g/mol. The first-order chi connectivity index (χ1) is 8.89. The highest BCUT2D eigenvalue weighted by Gasteiger charge is 2.20. The highest BCUT2D eigenvalue weighted by atomic mass is 79.9. The molecule has 108 valence electrons. The van der Waals surface area contributed by atoms with Gasteiger partial charge in [0.1, 0.15) is 5.75 Å². The van der Waals surface area contributed by atoms with Crippen molar-refractivity contribution in [3.63, 3.8) is 0 Å². The van der Waals surface area contributed by atoms with Crippen LogP contribution >= 0.6 is 15.9 Å². The fourth-order valence-electron chi connectivity index (χ4n) is 2.07. The Morgan fingerprint density at radius 1 is 1.37 bits per heavy atom. The maximum atomic E-state index is 9.97. The van der Waals surface area contributed by atoms with Gasteiger partial charge in [-0.1, -0.05) is 36.7 Å². The largest absolute Gasteiger partial charge is 0.508 e. The molecular formula is C15H24BrNO2. The van der Waals surface area contributed by atoms with Crippen molar-refractivity contribution in [3.05, 3.63) is 28.2 Å². The van der Waals surface area contributed by atoms with Gasteiger partial charge in [-0.05, 0) is 36.5 Å². The molecule has 1 atom stereocenters. The Morgan fingerprint density at radius 2 is 2.05 bits per heavy atom. The van der Waals surface area contributed by atoms with Crippen molar-refractivity contribution in [1.82, 2.24) is 5.32 Å². The number of nitrogens with one attached hydrogen (secondary N) is 1. The number of aliphatic hydroxyl groups is 1. The highest BCUT2D eigenvalue weighted by Crippen LogP contribution is 2.30. The van der Waals surface area contributed by atoms with Gasteiger partial charge < -0.3 is 15.5 Å². The first-order valence-electron chi connectivity index (χ1n) is 6.72. The Hall–Kier alpha value is -0.580. The standard InChI is InChI=1S/C15H24BrNO2/c1-4-13(17-10-15(2,3)7-8-18)12-9-11(16)5-6-14(12)19/h5-6,9,13,17-19H,4,7-8,10H2,1-3H3. The summed E-state index contributed by atoms with van der Waals surface area (Å²) in [6, 6.07) is 5.62. The molecule has 0 bridgehead atoms. The first-order valence-corrected chi connectivity index (χ1v) is 7.51. The highest BCUT2D eigenvalue weighted by molar-refractivity contribution is 9.10. The quantitative estimate of drug-likeness (QED) is 0.716. The molecule has 1 aromatic rings. The van der Waals surface area contributed by atoms with E-state index in [1.807, 2.05) is 12.1 Å². The molecule has 0 aliphatic heterocycles. The van der Waals surface area contributed by atoms with Crippen LogP contribution in [0.15, 0.2) is 22.7 Å². The molecule has 1 rings (SSSR count). The van der Waals surface area contributed by atoms with E-state index >= 15 is 0 Å². The summed E-state index contributed by atoms with van der Waals surface area (Å²) in [5.74, 6) is 0.322. The summed E-state index contributed by atoms with van der Waals surface area (Å²) in [5, 5.41) is 22.5.